The lowest BCUT2D eigenvalue weighted by Gasteiger charge is -2.19. The van der Waals surface area contributed by atoms with Crippen LogP contribution in [0, 0.1) is 0 Å². The minimum Gasteiger partial charge on any atom is -0.322 e. The second kappa shape index (κ2) is 6.58. The van der Waals surface area contributed by atoms with E-state index in [-0.39, 0.29) is 6.04 Å². The highest BCUT2D eigenvalue weighted by Gasteiger charge is 2.15. The number of aromatic nitrogens is 3. The largest absolute Gasteiger partial charge is 0.322 e. The average molecular weight is 328 g/mol. The minimum absolute atomic E-state index is 0.188. The molecule has 3 aromatic heterocycles. The van der Waals surface area contributed by atoms with Gasteiger partial charge < -0.3 is 10.6 Å². The van der Waals surface area contributed by atoms with Gasteiger partial charge in [-0.1, -0.05) is 11.6 Å². The predicted molar refractivity (Wildman–Crippen MR) is 93.3 cm³/mol. The van der Waals surface area contributed by atoms with Crippen LogP contribution in [0.4, 0.5) is 0 Å². The molecule has 0 saturated carbocycles. The summed E-state index contributed by atoms with van der Waals surface area (Å²) in [5, 5.41) is 2.47. The van der Waals surface area contributed by atoms with E-state index in [2.05, 4.69) is 14.9 Å². The van der Waals surface area contributed by atoms with Crippen molar-refractivity contribution in [3.8, 4) is 11.3 Å². The van der Waals surface area contributed by atoms with Gasteiger partial charge in [0, 0.05) is 41.5 Å². The van der Waals surface area contributed by atoms with E-state index in [1.54, 1.807) is 18.5 Å². The summed E-state index contributed by atoms with van der Waals surface area (Å²) in [4.78, 5) is 15.1. The quantitative estimate of drug-likeness (QED) is 0.746. The van der Waals surface area contributed by atoms with Crippen LogP contribution in [0.3, 0.4) is 0 Å². The number of hydrogen-bond donors (Lipinski definition) is 1. The first-order chi connectivity index (χ1) is 11.0. The molecule has 2 N–H and O–H groups in total. The standard InChI is InChI=1S/C17H18ClN5/c1-23(2)10-14(19)17-13-4-5-20-9-12(13)7-15(22-17)11-3-6-21-16(18)8-11/h3-9,14H,10,19H2,1-2H3. The number of likely N-dealkylation sites (N-methyl/N-ethyl adjacent to an activating group) is 1. The lowest BCUT2D eigenvalue weighted by molar-refractivity contribution is 0.375. The number of pyridine rings is 3. The lowest BCUT2D eigenvalue weighted by Crippen LogP contribution is -2.27. The average Bonchev–Trinajstić information content (AvgIpc) is 2.53. The molecule has 1 atom stereocenters. The monoisotopic (exact) mass is 327 g/mol. The first-order valence-corrected chi connectivity index (χ1v) is 7.69. The molecule has 0 aliphatic carbocycles. The minimum atomic E-state index is -0.188. The van der Waals surface area contributed by atoms with Crippen LogP contribution < -0.4 is 5.73 Å². The van der Waals surface area contributed by atoms with Crippen LogP contribution in [0.1, 0.15) is 11.7 Å². The van der Waals surface area contributed by atoms with Gasteiger partial charge in [0.2, 0.25) is 0 Å². The van der Waals surface area contributed by atoms with Crippen LogP contribution in [0.15, 0.2) is 42.9 Å². The van der Waals surface area contributed by atoms with Crippen LogP contribution >= 0.6 is 11.6 Å². The van der Waals surface area contributed by atoms with Gasteiger partial charge in [0.15, 0.2) is 0 Å². The number of fused-ring (bicyclic) bond motifs is 1. The predicted octanol–water partition coefficient (Wildman–Crippen LogP) is 2.91. The van der Waals surface area contributed by atoms with Gasteiger partial charge in [0.25, 0.3) is 0 Å². The molecule has 6 heteroatoms. The molecule has 0 radical (unpaired) electrons. The zero-order valence-electron chi connectivity index (χ0n) is 13.1. The van der Waals surface area contributed by atoms with Gasteiger partial charge in [-0.25, -0.2) is 4.98 Å². The van der Waals surface area contributed by atoms with Gasteiger partial charge in [-0.2, -0.15) is 0 Å². The van der Waals surface area contributed by atoms with Gasteiger partial charge in [-0.05, 0) is 38.4 Å². The van der Waals surface area contributed by atoms with Crippen molar-refractivity contribution in [1.29, 1.82) is 0 Å². The Hall–Kier alpha value is -2.08. The van der Waals surface area contributed by atoms with Crippen molar-refractivity contribution in [1.82, 2.24) is 19.9 Å². The van der Waals surface area contributed by atoms with Gasteiger partial charge in [0.05, 0.1) is 17.4 Å². The van der Waals surface area contributed by atoms with E-state index in [4.69, 9.17) is 22.3 Å². The molecular weight excluding hydrogens is 310 g/mol. The number of halogens is 1. The van der Waals surface area contributed by atoms with E-state index in [9.17, 15) is 0 Å². The molecule has 0 amide bonds. The lowest BCUT2D eigenvalue weighted by atomic mass is 10.0. The topological polar surface area (TPSA) is 67.9 Å². The Morgan fingerprint density at radius 3 is 2.78 bits per heavy atom. The molecule has 3 heterocycles. The van der Waals surface area contributed by atoms with Crippen molar-refractivity contribution in [2.75, 3.05) is 20.6 Å². The van der Waals surface area contributed by atoms with Crippen LogP contribution in [-0.4, -0.2) is 40.5 Å². The Labute approximate surface area is 140 Å². The summed E-state index contributed by atoms with van der Waals surface area (Å²) >= 11 is 6.00. The summed E-state index contributed by atoms with van der Waals surface area (Å²) in [6, 6.07) is 7.45. The highest BCUT2D eigenvalue weighted by Crippen LogP contribution is 2.27. The van der Waals surface area contributed by atoms with Crippen molar-refractivity contribution in [3.63, 3.8) is 0 Å². The van der Waals surface area contributed by atoms with Crippen molar-refractivity contribution in [2.24, 2.45) is 5.73 Å². The first-order valence-electron chi connectivity index (χ1n) is 7.31. The van der Waals surface area contributed by atoms with Crippen molar-refractivity contribution in [3.05, 3.63) is 53.7 Å². The molecule has 0 aliphatic heterocycles. The van der Waals surface area contributed by atoms with E-state index in [0.29, 0.717) is 11.7 Å². The summed E-state index contributed by atoms with van der Waals surface area (Å²) in [5.74, 6) is 0. The summed E-state index contributed by atoms with van der Waals surface area (Å²) in [7, 11) is 3.99. The SMILES string of the molecule is CN(C)CC(N)c1nc(-c2ccnc(Cl)c2)cc2cnccc12. The maximum absolute atomic E-state index is 6.38. The third kappa shape index (κ3) is 3.47. The van der Waals surface area contributed by atoms with E-state index in [1.807, 2.05) is 38.5 Å². The van der Waals surface area contributed by atoms with Gasteiger partial charge in [0.1, 0.15) is 5.15 Å². The Morgan fingerprint density at radius 1 is 1.22 bits per heavy atom. The van der Waals surface area contributed by atoms with Crippen LogP contribution in [0.2, 0.25) is 5.15 Å². The van der Waals surface area contributed by atoms with Crippen molar-refractivity contribution >= 4 is 22.4 Å². The molecule has 3 aromatic rings. The molecule has 0 aromatic carbocycles. The van der Waals surface area contributed by atoms with Crippen molar-refractivity contribution < 1.29 is 0 Å². The Balaban J connectivity index is 2.17. The third-order valence-corrected chi connectivity index (χ3v) is 3.80. The molecule has 0 fully saturated rings. The summed E-state index contributed by atoms with van der Waals surface area (Å²) in [6.07, 6.45) is 5.26. The molecule has 23 heavy (non-hydrogen) atoms. The zero-order chi connectivity index (χ0) is 16.4. The number of rotatable bonds is 4. The molecule has 0 spiro atoms. The van der Waals surface area contributed by atoms with Crippen LogP contribution in [-0.2, 0) is 0 Å². The van der Waals surface area contributed by atoms with Crippen LogP contribution in [0.25, 0.3) is 22.0 Å². The fourth-order valence-corrected chi connectivity index (χ4v) is 2.77. The van der Waals surface area contributed by atoms with Gasteiger partial charge >= 0.3 is 0 Å². The molecule has 0 saturated heterocycles. The first kappa shape index (κ1) is 15.8. The molecule has 0 aliphatic rings. The van der Waals surface area contributed by atoms with E-state index in [1.165, 1.54) is 0 Å². The third-order valence-electron chi connectivity index (χ3n) is 3.60. The second-order valence-corrected chi connectivity index (χ2v) is 6.11. The molecule has 3 rings (SSSR count). The van der Waals surface area contributed by atoms with Crippen molar-refractivity contribution in [2.45, 2.75) is 6.04 Å². The molecular formula is C17H18ClN5. The molecule has 1 unspecified atom stereocenters. The Bertz CT molecular complexity index is 834. The summed E-state index contributed by atoms with van der Waals surface area (Å²) in [6.45, 7) is 0.713. The Kier molecular flexibility index (Phi) is 4.52. The second-order valence-electron chi connectivity index (χ2n) is 5.73. The molecule has 118 valence electrons. The van der Waals surface area contributed by atoms with Crippen LogP contribution in [0.5, 0.6) is 0 Å². The summed E-state index contributed by atoms with van der Waals surface area (Å²) in [5.41, 5.74) is 8.97. The smallest absolute Gasteiger partial charge is 0.129 e. The highest BCUT2D eigenvalue weighted by molar-refractivity contribution is 6.29. The van der Waals surface area contributed by atoms with E-state index in [0.717, 1.165) is 27.7 Å². The molecule has 5 nitrogen and oxygen atoms in total. The number of hydrogen-bond acceptors (Lipinski definition) is 5. The zero-order valence-corrected chi connectivity index (χ0v) is 13.8. The van der Waals surface area contributed by atoms with E-state index >= 15 is 0 Å². The maximum Gasteiger partial charge on any atom is 0.129 e. The number of nitrogens with two attached hydrogens (primary N) is 1. The normalized spacial score (nSPS) is 12.7. The van der Waals surface area contributed by atoms with E-state index < -0.39 is 0 Å². The van der Waals surface area contributed by atoms with Gasteiger partial charge in [-0.15, -0.1) is 0 Å². The fourth-order valence-electron chi connectivity index (χ4n) is 2.60. The number of nitrogens with zero attached hydrogens (tertiary/aromatic N) is 4. The maximum atomic E-state index is 6.38. The van der Waals surface area contributed by atoms with Gasteiger partial charge in [-0.3, -0.25) is 9.97 Å². The Morgan fingerprint density at radius 2 is 2.04 bits per heavy atom. The summed E-state index contributed by atoms with van der Waals surface area (Å²) < 4.78 is 0. The fraction of sp³-hybridized carbons (Fsp3) is 0.235. The molecule has 0 bridgehead atoms. The highest BCUT2D eigenvalue weighted by atomic mass is 35.5.